The zero-order valence-electron chi connectivity index (χ0n) is 7.54. The summed E-state index contributed by atoms with van der Waals surface area (Å²) in [5, 5.41) is 19.1. The van der Waals surface area contributed by atoms with Gasteiger partial charge in [0, 0.05) is 11.6 Å². The molecule has 0 spiro atoms. The molecular weight excluding hydrogens is 253 g/mol. The van der Waals surface area contributed by atoms with E-state index in [1.165, 1.54) is 0 Å². The smallest absolute Gasteiger partial charge is 0.135 e. The number of hydrogen-bond acceptors (Lipinski definition) is 3. The van der Waals surface area contributed by atoms with Crippen LogP contribution in [0.3, 0.4) is 0 Å². The van der Waals surface area contributed by atoms with Gasteiger partial charge in [-0.3, -0.25) is 0 Å². The molecule has 1 rings (SSSR count). The third-order valence-electron chi connectivity index (χ3n) is 1.87. The number of aromatic hydroxyl groups is 1. The predicted molar refractivity (Wildman–Crippen MR) is 54.4 cm³/mol. The molecule has 0 aromatic heterocycles. The number of rotatable bonds is 2. The van der Waals surface area contributed by atoms with Gasteiger partial charge in [0.25, 0.3) is 0 Å². The predicted octanol–water partition coefficient (Wildman–Crippen LogP) is 1.67. The molecule has 0 aliphatic carbocycles. The number of aliphatic hydroxyl groups is 1. The van der Waals surface area contributed by atoms with Gasteiger partial charge in [-0.1, -0.05) is 0 Å². The van der Waals surface area contributed by atoms with Gasteiger partial charge in [-0.05, 0) is 35.0 Å². The SMILES string of the molecule is CC(N)C(O)c1cc(F)cc(Br)c1O. The third kappa shape index (κ3) is 2.23. The van der Waals surface area contributed by atoms with Crippen molar-refractivity contribution in [1.82, 2.24) is 0 Å². The van der Waals surface area contributed by atoms with Gasteiger partial charge in [-0.25, -0.2) is 4.39 Å². The zero-order valence-corrected chi connectivity index (χ0v) is 9.12. The van der Waals surface area contributed by atoms with Crippen molar-refractivity contribution in [3.05, 3.63) is 28.0 Å². The first-order chi connectivity index (χ1) is 6.43. The number of aliphatic hydroxyl groups excluding tert-OH is 1. The Bertz CT molecular complexity index is 344. The first kappa shape index (κ1) is 11.4. The summed E-state index contributed by atoms with van der Waals surface area (Å²) >= 11 is 2.97. The molecule has 0 amide bonds. The van der Waals surface area contributed by atoms with Crippen molar-refractivity contribution >= 4 is 15.9 Å². The van der Waals surface area contributed by atoms with Crippen LogP contribution in [0.15, 0.2) is 16.6 Å². The number of nitrogens with two attached hydrogens (primary N) is 1. The Morgan fingerprint density at radius 1 is 1.50 bits per heavy atom. The van der Waals surface area contributed by atoms with Crippen molar-refractivity contribution in [2.45, 2.75) is 19.1 Å². The van der Waals surface area contributed by atoms with Crippen molar-refractivity contribution in [2.75, 3.05) is 0 Å². The Kier molecular flexibility index (Phi) is 3.47. The van der Waals surface area contributed by atoms with Crippen LogP contribution in [0.25, 0.3) is 0 Å². The molecule has 0 aliphatic heterocycles. The van der Waals surface area contributed by atoms with Crippen molar-refractivity contribution in [1.29, 1.82) is 0 Å². The summed E-state index contributed by atoms with van der Waals surface area (Å²) in [5.74, 6) is -0.722. The Balaban J connectivity index is 3.20. The van der Waals surface area contributed by atoms with Crippen LogP contribution in [-0.2, 0) is 0 Å². The van der Waals surface area contributed by atoms with Crippen molar-refractivity contribution < 1.29 is 14.6 Å². The minimum Gasteiger partial charge on any atom is -0.506 e. The van der Waals surface area contributed by atoms with E-state index in [-0.39, 0.29) is 15.8 Å². The van der Waals surface area contributed by atoms with Gasteiger partial charge in [0.15, 0.2) is 0 Å². The molecule has 2 unspecified atom stereocenters. The maximum atomic E-state index is 12.9. The number of halogens is 2. The van der Waals surface area contributed by atoms with Crippen molar-refractivity contribution in [3.63, 3.8) is 0 Å². The molecule has 0 heterocycles. The second-order valence-electron chi connectivity index (χ2n) is 3.13. The van der Waals surface area contributed by atoms with Gasteiger partial charge < -0.3 is 15.9 Å². The molecule has 1 aromatic rings. The highest BCUT2D eigenvalue weighted by Crippen LogP contribution is 2.33. The fourth-order valence-electron chi connectivity index (χ4n) is 1.09. The van der Waals surface area contributed by atoms with Gasteiger partial charge in [-0.15, -0.1) is 0 Å². The van der Waals surface area contributed by atoms with E-state index >= 15 is 0 Å². The minimum atomic E-state index is -1.08. The van der Waals surface area contributed by atoms with Crippen molar-refractivity contribution in [3.8, 4) is 5.75 Å². The van der Waals surface area contributed by atoms with Crippen LogP contribution in [-0.4, -0.2) is 16.3 Å². The van der Waals surface area contributed by atoms with Crippen LogP contribution in [0.5, 0.6) is 5.75 Å². The van der Waals surface area contributed by atoms with Crippen LogP contribution in [0.4, 0.5) is 4.39 Å². The lowest BCUT2D eigenvalue weighted by atomic mass is 10.0. The van der Waals surface area contributed by atoms with Gasteiger partial charge in [0.1, 0.15) is 11.6 Å². The van der Waals surface area contributed by atoms with E-state index in [0.717, 1.165) is 12.1 Å². The summed E-state index contributed by atoms with van der Waals surface area (Å²) < 4.78 is 13.1. The maximum Gasteiger partial charge on any atom is 0.135 e. The lowest BCUT2D eigenvalue weighted by Gasteiger charge is -2.16. The Morgan fingerprint density at radius 3 is 2.57 bits per heavy atom. The van der Waals surface area contributed by atoms with E-state index in [1.807, 2.05) is 0 Å². The van der Waals surface area contributed by atoms with Crippen LogP contribution in [0.2, 0.25) is 0 Å². The first-order valence-electron chi connectivity index (χ1n) is 4.05. The van der Waals surface area contributed by atoms with Crippen LogP contribution >= 0.6 is 15.9 Å². The van der Waals surface area contributed by atoms with Crippen LogP contribution in [0.1, 0.15) is 18.6 Å². The summed E-state index contributed by atoms with van der Waals surface area (Å²) in [6.45, 7) is 1.57. The normalized spacial score (nSPS) is 15.2. The average molecular weight is 264 g/mol. The standard InChI is InChI=1S/C9H11BrFNO2/c1-4(12)8(13)6-2-5(11)3-7(10)9(6)14/h2-4,8,13-14H,12H2,1H3. The first-order valence-corrected chi connectivity index (χ1v) is 4.84. The Hall–Kier alpha value is -0.650. The summed E-state index contributed by atoms with van der Waals surface area (Å²) in [7, 11) is 0. The zero-order chi connectivity index (χ0) is 10.9. The molecule has 3 nitrogen and oxygen atoms in total. The molecular formula is C9H11BrFNO2. The van der Waals surface area contributed by atoms with E-state index in [2.05, 4.69) is 15.9 Å². The summed E-state index contributed by atoms with van der Waals surface area (Å²) in [6.07, 6.45) is -1.08. The van der Waals surface area contributed by atoms with Crippen LogP contribution < -0.4 is 5.73 Å². The molecule has 14 heavy (non-hydrogen) atoms. The van der Waals surface area contributed by atoms with E-state index in [1.54, 1.807) is 6.92 Å². The molecule has 2 atom stereocenters. The van der Waals surface area contributed by atoms with Crippen molar-refractivity contribution in [2.24, 2.45) is 5.73 Å². The number of phenols is 1. The molecule has 0 saturated heterocycles. The summed E-state index contributed by atoms with van der Waals surface area (Å²) in [4.78, 5) is 0. The number of benzene rings is 1. The lowest BCUT2D eigenvalue weighted by Crippen LogP contribution is -2.24. The highest BCUT2D eigenvalue weighted by Gasteiger charge is 2.19. The van der Waals surface area contributed by atoms with Crippen LogP contribution in [0, 0.1) is 5.82 Å². The van der Waals surface area contributed by atoms with Gasteiger partial charge in [-0.2, -0.15) is 0 Å². The molecule has 0 bridgehead atoms. The van der Waals surface area contributed by atoms with Gasteiger partial charge >= 0.3 is 0 Å². The topological polar surface area (TPSA) is 66.5 Å². The number of hydrogen-bond donors (Lipinski definition) is 3. The summed E-state index contributed by atoms with van der Waals surface area (Å²) in [5.41, 5.74) is 5.53. The molecule has 5 heteroatoms. The number of phenolic OH excluding ortho intramolecular Hbond substituents is 1. The fourth-order valence-corrected chi connectivity index (χ4v) is 1.54. The van der Waals surface area contributed by atoms with E-state index in [0.29, 0.717) is 0 Å². The largest absolute Gasteiger partial charge is 0.506 e. The second-order valence-corrected chi connectivity index (χ2v) is 3.98. The molecule has 0 fully saturated rings. The Labute approximate surface area is 89.5 Å². The molecule has 1 aromatic carbocycles. The molecule has 4 N–H and O–H groups in total. The summed E-state index contributed by atoms with van der Waals surface area (Å²) in [6, 6.07) is 1.61. The lowest BCUT2D eigenvalue weighted by molar-refractivity contribution is 0.149. The fraction of sp³-hybridized carbons (Fsp3) is 0.333. The van der Waals surface area contributed by atoms with Gasteiger partial charge in [0.05, 0.1) is 10.6 Å². The molecule has 0 aliphatic rings. The maximum absolute atomic E-state index is 12.9. The van der Waals surface area contributed by atoms with E-state index in [9.17, 15) is 14.6 Å². The quantitative estimate of drug-likeness (QED) is 0.761. The van der Waals surface area contributed by atoms with E-state index < -0.39 is 18.0 Å². The third-order valence-corrected chi connectivity index (χ3v) is 2.48. The highest BCUT2D eigenvalue weighted by molar-refractivity contribution is 9.10. The van der Waals surface area contributed by atoms with E-state index in [4.69, 9.17) is 5.73 Å². The minimum absolute atomic E-state index is 0.0897. The Morgan fingerprint density at radius 2 is 2.07 bits per heavy atom. The highest BCUT2D eigenvalue weighted by atomic mass is 79.9. The monoisotopic (exact) mass is 263 g/mol. The average Bonchev–Trinajstić information content (AvgIpc) is 2.09. The molecule has 78 valence electrons. The molecule has 0 radical (unpaired) electrons. The molecule has 0 saturated carbocycles. The van der Waals surface area contributed by atoms with Gasteiger partial charge in [0.2, 0.25) is 0 Å². The second kappa shape index (κ2) is 4.25.